The topological polar surface area (TPSA) is 29.5 Å². The summed E-state index contributed by atoms with van der Waals surface area (Å²) in [5.41, 5.74) is 0. The zero-order chi connectivity index (χ0) is 10.6. The van der Waals surface area contributed by atoms with Crippen molar-refractivity contribution < 1.29 is 9.53 Å². The molecule has 3 nitrogen and oxygen atoms in total. The standard InChI is InChI=1S/C11H21NO2/c1-4-12(11(13)9(2)3)8-10-6-5-7-14-10/h9-10H,4-8H2,1-3H3. The number of hydrogen-bond donors (Lipinski definition) is 0. The van der Waals surface area contributed by atoms with E-state index in [-0.39, 0.29) is 17.9 Å². The predicted octanol–water partition coefficient (Wildman–Crippen LogP) is 1.67. The summed E-state index contributed by atoms with van der Waals surface area (Å²) >= 11 is 0. The van der Waals surface area contributed by atoms with Gasteiger partial charge in [0.05, 0.1) is 6.10 Å². The first-order chi connectivity index (χ1) is 6.65. The number of amides is 1. The van der Waals surface area contributed by atoms with Crippen LogP contribution in [0.3, 0.4) is 0 Å². The van der Waals surface area contributed by atoms with E-state index in [4.69, 9.17) is 4.74 Å². The molecule has 1 aliphatic heterocycles. The van der Waals surface area contributed by atoms with E-state index in [1.807, 2.05) is 25.7 Å². The van der Waals surface area contributed by atoms with Gasteiger partial charge in [0.1, 0.15) is 0 Å². The Hall–Kier alpha value is -0.570. The summed E-state index contributed by atoms with van der Waals surface area (Å²) in [5, 5.41) is 0. The molecule has 0 N–H and O–H groups in total. The van der Waals surface area contributed by atoms with Crippen molar-refractivity contribution in [2.24, 2.45) is 5.92 Å². The fraction of sp³-hybridized carbons (Fsp3) is 0.909. The summed E-state index contributed by atoms with van der Waals surface area (Å²) in [7, 11) is 0. The largest absolute Gasteiger partial charge is 0.376 e. The molecule has 82 valence electrons. The van der Waals surface area contributed by atoms with E-state index in [1.54, 1.807) is 0 Å². The van der Waals surface area contributed by atoms with Crippen LogP contribution < -0.4 is 0 Å². The van der Waals surface area contributed by atoms with Crippen molar-refractivity contribution in [3.05, 3.63) is 0 Å². The lowest BCUT2D eigenvalue weighted by atomic mass is 10.1. The fourth-order valence-electron chi connectivity index (χ4n) is 1.77. The van der Waals surface area contributed by atoms with Crippen LogP contribution >= 0.6 is 0 Å². The molecular formula is C11H21NO2. The van der Waals surface area contributed by atoms with Gasteiger partial charge in [0.15, 0.2) is 0 Å². The molecular weight excluding hydrogens is 178 g/mol. The maximum Gasteiger partial charge on any atom is 0.225 e. The summed E-state index contributed by atoms with van der Waals surface area (Å²) in [6.45, 7) is 8.33. The molecule has 0 aromatic carbocycles. The van der Waals surface area contributed by atoms with Gasteiger partial charge in [-0.05, 0) is 19.8 Å². The van der Waals surface area contributed by atoms with Crippen LogP contribution in [-0.4, -0.2) is 36.6 Å². The van der Waals surface area contributed by atoms with Crippen molar-refractivity contribution in [2.75, 3.05) is 19.7 Å². The summed E-state index contributed by atoms with van der Waals surface area (Å²) in [4.78, 5) is 13.6. The third-order valence-corrected chi connectivity index (χ3v) is 2.64. The second-order valence-electron chi connectivity index (χ2n) is 4.17. The monoisotopic (exact) mass is 199 g/mol. The smallest absolute Gasteiger partial charge is 0.225 e. The van der Waals surface area contributed by atoms with Crippen LogP contribution in [0.15, 0.2) is 0 Å². The van der Waals surface area contributed by atoms with Crippen molar-refractivity contribution in [3.8, 4) is 0 Å². The van der Waals surface area contributed by atoms with Crippen LogP contribution in [0, 0.1) is 5.92 Å². The van der Waals surface area contributed by atoms with Gasteiger partial charge in [-0.25, -0.2) is 0 Å². The lowest BCUT2D eigenvalue weighted by Crippen LogP contribution is -2.39. The van der Waals surface area contributed by atoms with E-state index in [0.29, 0.717) is 0 Å². The van der Waals surface area contributed by atoms with E-state index >= 15 is 0 Å². The number of carbonyl (C=O) groups excluding carboxylic acids is 1. The number of ether oxygens (including phenoxy) is 1. The third kappa shape index (κ3) is 2.98. The minimum Gasteiger partial charge on any atom is -0.376 e. The van der Waals surface area contributed by atoms with Crippen LogP contribution in [0.5, 0.6) is 0 Å². The zero-order valence-corrected chi connectivity index (χ0v) is 9.45. The van der Waals surface area contributed by atoms with Crippen molar-refractivity contribution in [2.45, 2.75) is 39.7 Å². The van der Waals surface area contributed by atoms with Gasteiger partial charge < -0.3 is 9.64 Å². The third-order valence-electron chi connectivity index (χ3n) is 2.64. The lowest BCUT2D eigenvalue weighted by Gasteiger charge is -2.25. The molecule has 0 radical (unpaired) electrons. The molecule has 14 heavy (non-hydrogen) atoms. The highest BCUT2D eigenvalue weighted by Gasteiger charge is 2.22. The highest BCUT2D eigenvalue weighted by molar-refractivity contribution is 5.78. The number of likely N-dealkylation sites (N-methyl/N-ethyl adjacent to an activating group) is 1. The minimum absolute atomic E-state index is 0.0938. The molecule has 1 fully saturated rings. The Bertz CT molecular complexity index is 186. The molecule has 3 heteroatoms. The van der Waals surface area contributed by atoms with E-state index in [0.717, 1.165) is 32.5 Å². The average Bonchev–Trinajstić information content (AvgIpc) is 2.65. The predicted molar refractivity (Wildman–Crippen MR) is 56.1 cm³/mol. The molecule has 0 aromatic heterocycles. The van der Waals surface area contributed by atoms with Crippen molar-refractivity contribution in [1.82, 2.24) is 4.90 Å². The number of hydrogen-bond acceptors (Lipinski definition) is 2. The summed E-state index contributed by atoms with van der Waals surface area (Å²) in [5.74, 6) is 0.333. The minimum atomic E-state index is 0.0938. The van der Waals surface area contributed by atoms with E-state index in [1.165, 1.54) is 0 Å². The van der Waals surface area contributed by atoms with Crippen LogP contribution in [-0.2, 0) is 9.53 Å². The Morgan fingerprint density at radius 1 is 1.57 bits per heavy atom. The van der Waals surface area contributed by atoms with E-state index in [2.05, 4.69) is 0 Å². The van der Waals surface area contributed by atoms with Gasteiger partial charge in [0, 0.05) is 25.6 Å². The Labute approximate surface area is 86.4 Å². The zero-order valence-electron chi connectivity index (χ0n) is 9.45. The van der Waals surface area contributed by atoms with Crippen LogP contribution in [0.2, 0.25) is 0 Å². The van der Waals surface area contributed by atoms with Crippen LogP contribution in [0.4, 0.5) is 0 Å². The fourth-order valence-corrected chi connectivity index (χ4v) is 1.77. The highest BCUT2D eigenvalue weighted by Crippen LogP contribution is 2.14. The van der Waals surface area contributed by atoms with Crippen LogP contribution in [0.1, 0.15) is 33.6 Å². The second kappa shape index (κ2) is 5.35. The normalized spacial score (nSPS) is 21.6. The number of nitrogens with zero attached hydrogens (tertiary/aromatic N) is 1. The highest BCUT2D eigenvalue weighted by atomic mass is 16.5. The Morgan fingerprint density at radius 2 is 2.29 bits per heavy atom. The molecule has 1 saturated heterocycles. The van der Waals surface area contributed by atoms with Crippen LogP contribution in [0.25, 0.3) is 0 Å². The van der Waals surface area contributed by atoms with Gasteiger partial charge in [-0.1, -0.05) is 13.8 Å². The SMILES string of the molecule is CCN(CC1CCCO1)C(=O)C(C)C. The summed E-state index contributed by atoms with van der Waals surface area (Å²) in [6.07, 6.45) is 2.51. The van der Waals surface area contributed by atoms with Crippen molar-refractivity contribution >= 4 is 5.91 Å². The van der Waals surface area contributed by atoms with E-state index in [9.17, 15) is 4.79 Å². The molecule has 1 rings (SSSR count). The van der Waals surface area contributed by atoms with Gasteiger partial charge in [-0.15, -0.1) is 0 Å². The Balaban J connectivity index is 2.41. The molecule has 0 aromatic rings. The molecule has 0 bridgehead atoms. The van der Waals surface area contributed by atoms with E-state index < -0.39 is 0 Å². The first-order valence-corrected chi connectivity index (χ1v) is 5.55. The van der Waals surface area contributed by atoms with Gasteiger partial charge in [-0.2, -0.15) is 0 Å². The molecule has 1 aliphatic rings. The summed E-state index contributed by atoms with van der Waals surface area (Å²) < 4.78 is 5.52. The molecule has 1 amide bonds. The molecule has 1 heterocycles. The maximum absolute atomic E-state index is 11.7. The molecule has 1 unspecified atom stereocenters. The van der Waals surface area contributed by atoms with Gasteiger partial charge in [-0.3, -0.25) is 4.79 Å². The number of rotatable bonds is 4. The Kier molecular flexibility index (Phi) is 4.39. The average molecular weight is 199 g/mol. The second-order valence-corrected chi connectivity index (χ2v) is 4.17. The maximum atomic E-state index is 11.7. The summed E-state index contributed by atoms with van der Waals surface area (Å²) in [6, 6.07) is 0. The molecule has 1 atom stereocenters. The van der Waals surface area contributed by atoms with Gasteiger partial charge in [0.25, 0.3) is 0 Å². The quantitative estimate of drug-likeness (QED) is 0.689. The first-order valence-electron chi connectivity index (χ1n) is 5.55. The molecule has 0 spiro atoms. The number of carbonyl (C=O) groups is 1. The van der Waals surface area contributed by atoms with Gasteiger partial charge in [0.2, 0.25) is 5.91 Å². The molecule has 0 saturated carbocycles. The van der Waals surface area contributed by atoms with Crippen molar-refractivity contribution in [3.63, 3.8) is 0 Å². The molecule has 0 aliphatic carbocycles. The lowest BCUT2D eigenvalue weighted by molar-refractivity contribution is -0.135. The van der Waals surface area contributed by atoms with Gasteiger partial charge >= 0.3 is 0 Å². The Morgan fingerprint density at radius 3 is 2.71 bits per heavy atom. The first kappa shape index (κ1) is 11.5. The van der Waals surface area contributed by atoms with Crippen molar-refractivity contribution in [1.29, 1.82) is 0 Å².